The minimum absolute atomic E-state index is 0.327. The second-order valence-corrected chi connectivity index (χ2v) is 6.02. The Morgan fingerprint density at radius 1 is 0.920 bits per heavy atom. The van der Waals surface area contributed by atoms with Crippen LogP contribution in [0.5, 0.6) is 0 Å². The molecule has 0 saturated carbocycles. The van der Waals surface area contributed by atoms with Crippen molar-refractivity contribution in [2.24, 2.45) is 0 Å². The van der Waals surface area contributed by atoms with Crippen LogP contribution in [-0.4, -0.2) is 24.9 Å². The van der Waals surface area contributed by atoms with E-state index in [4.69, 9.17) is 0 Å². The van der Waals surface area contributed by atoms with Gasteiger partial charge in [-0.15, -0.1) is 0 Å². The normalized spacial score (nSPS) is 13.6. The topological polar surface area (TPSA) is 61.4 Å². The maximum absolute atomic E-state index is 13.1. The Labute approximate surface area is 145 Å². The third-order valence-electron chi connectivity index (χ3n) is 4.05. The summed E-state index contributed by atoms with van der Waals surface area (Å²) in [4.78, 5) is 26.1. The lowest BCUT2D eigenvalue weighted by Crippen LogP contribution is -2.21. The highest BCUT2D eigenvalue weighted by Gasteiger charge is 2.13. The highest BCUT2D eigenvalue weighted by atomic mass is 19.1. The van der Waals surface area contributed by atoms with Crippen molar-refractivity contribution in [3.63, 3.8) is 0 Å². The fraction of sp³-hybridized carbons (Fsp3) is 0.263. The summed E-state index contributed by atoms with van der Waals surface area (Å²) in [6.45, 7) is 2.12. The minimum Gasteiger partial charge on any atom is -0.372 e. The molecule has 0 spiro atoms. The minimum atomic E-state index is -0.489. The van der Waals surface area contributed by atoms with E-state index in [9.17, 15) is 14.0 Å². The van der Waals surface area contributed by atoms with Crippen molar-refractivity contribution >= 4 is 28.9 Å². The molecule has 2 amide bonds. The molecule has 2 aromatic rings. The summed E-state index contributed by atoms with van der Waals surface area (Å²) >= 11 is 0. The zero-order valence-corrected chi connectivity index (χ0v) is 13.8. The van der Waals surface area contributed by atoms with Crippen LogP contribution in [0.4, 0.5) is 21.5 Å². The number of nitrogens with zero attached hydrogens (tertiary/aromatic N) is 1. The third kappa shape index (κ3) is 4.79. The molecule has 1 heterocycles. The first-order valence-corrected chi connectivity index (χ1v) is 8.30. The van der Waals surface area contributed by atoms with Crippen molar-refractivity contribution in [1.82, 2.24) is 0 Å². The third-order valence-corrected chi connectivity index (χ3v) is 4.05. The van der Waals surface area contributed by atoms with Crippen molar-refractivity contribution < 1.29 is 14.0 Å². The molecule has 0 unspecified atom stereocenters. The molecule has 0 atom stereocenters. The van der Waals surface area contributed by atoms with Crippen molar-refractivity contribution in [3.8, 4) is 0 Å². The predicted molar refractivity (Wildman–Crippen MR) is 96.2 cm³/mol. The number of carbonyl (C=O) groups is 2. The van der Waals surface area contributed by atoms with Gasteiger partial charge in [0.1, 0.15) is 12.2 Å². The van der Waals surface area contributed by atoms with Crippen molar-refractivity contribution in [3.05, 3.63) is 54.3 Å². The van der Waals surface area contributed by atoms with Crippen LogP contribution in [0.3, 0.4) is 0 Å². The van der Waals surface area contributed by atoms with Crippen LogP contribution in [-0.2, 0) is 9.59 Å². The molecular weight excluding hydrogens is 321 g/mol. The van der Waals surface area contributed by atoms with Gasteiger partial charge in [0.2, 0.25) is 11.8 Å². The smallest absolute Gasteiger partial charge is 0.233 e. The Kier molecular flexibility index (Phi) is 5.28. The standard InChI is InChI=1S/C19H20FN3O2/c20-14-4-3-5-16(12-14)22-19(25)13-18(24)21-15-6-8-17(9-7-15)23-10-1-2-11-23/h3-9,12H,1-2,10-11,13H2,(H,21,24)(H,22,25). The summed E-state index contributed by atoms with van der Waals surface area (Å²) in [6.07, 6.45) is 2.09. The van der Waals surface area contributed by atoms with E-state index in [1.54, 1.807) is 6.07 Å². The van der Waals surface area contributed by atoms with Crippen LogP contribution in [0.1, 0.15) is 19.3 Å². The second-order valence-electron chi connectivity index (χ2n) is 6.02. The molecule has 25 heavy (non-hydrogen) atoms. The SMILES string of the molecule is O=C(CC(=O)Nc1cccc(F)c1)Nc1ccc(N2CCCC2)cc1. The van der Waals surface area contributed by atoms with Gasteiger partial charge in [0.05, 0.1) is 0 Å². The van der Waals surface area contributed by atoms with E-state index in [1.165, 1.54) is 31.0 Å². The van der Waals surface area contributed by atoms with Gasteiger partial charge in [-0.1, -0.05) is 6.07 Å². The average molecular weight is 341 g/mol. The lowest BCUT2D eigenvalue weighted by Gasteiger charge is -2.17. The van der Waals surface area contributed by atoms with E-state index in [0.29, 0.717) is 11.4 Å². The van der Waals surface area contributed by atoms with Crippen molar-refractivity contribution in [1.29, 1.82) is 0 Å². The van der Waals surface area contributed by atoms with Crippen molar-refractivity contribution in [2.45, 2.75) is 19.3 Å². The van der Waals surface area contributed by atoms with Gasteiger partial charge in [0, 0.05) is 30.2 Å². The molecule has 1 aliphatic heterocycles. The zero-order chi connectivity index (χ0) is 17.6. The first kappa shape index (κ1) is 17.0. The van der Waals surface area contributed by atoms with Crippen molar-refractivity contribution in [2.75, 3.05) is 28.6 Å². The highest BCUT2D eigenvalue weighted by Crippen LogP contribution is 2.22. The molecule has 6 heteroatoms. The van der Waals surface area contributed by atoms with E-state index in [-0.39, 0.29) is 6.42 Å². The molecule has 0 aliphatic carbocycles. The van der Waals surface area contributed by atoms with Gasteiger partial charge >= 0.3 is 0 Å². The molecule has 130 valence electrons. The molecule has 1 fully saturated rings. The Balaban J connectivity index is 1.50. The summed E-state index contributed by atoms with van der Waals surface area (Å²) in [5, 5.41) is 5.19. The Bertz CT molecular complexity index is 756. The fourth-order valence-corrected chi connectivity index (χ4v) is 2.85. The van der Waals surface area contributed by atoms with Gasteiger partial charge in [-0.05, 0) is 55.3 Å². The van der Waals surface area contributed by atoms with E-state index in [0.717, 1.165) is 18.8 Å². The van der Waals surface area contributed by atoms with Crippen LogP contribution < -0.4 is 15.5 Å². The number of nitrogens with one attached hydrogen (secondary N) is 2. The van der Waals surface area contributed by atoms with E-state index in [2.05, 4.69) is 15.5 Å². The molecule has 3 rings (SSSR count). The molecule has 2 aromatic carbocycles. The number of benzene rings is 2. The summed E-state index contributed by atoms with van der Waals surface area (Å²) in [5.41, 5.74) is 2.11. The lowest BCUT2D eigenvalue weighted by atomic mass is 10.2. The maximum atomic E-state index is 13.1. The van der Waals surface area contributed by atoms with Gasteiger partial charge in [-0.25, -0.2) is 4.39 Å². The number of hydrogen-bond donors (Lipinski definition) is 2. The van der Waals surface area contributed by atoms with Crippen LogP contribution in [0.15, 0.2) is 48.5 Å². The van der Waals surface area contributed by atoms with Crippen LogP contribution in [0.25, 0.3) is 0 Å². The Morgan fingerprint density at radius 2 is 1.56 bits per heavy atom. The number of anilines is 3. The monoisotopic (exact) mass is 341 g/mol. The quantitative estimate of drug-likeness (QED) is 0.820. The van der Waals surface area contributed by atoms with Crippen LogP contribution in [0, 0.1) is 5.82 Å². The van der Waals surface area contributed by atoms with E-state index < -0.39 is 17.6 Å². The summed E-state index contributed by atoms with van der Waals surface area (Å²) in [6, 6.07) is 13.1. The number of hydrogen-bond acceptors (Lipinski definition) is 3. The molecule has 1 aliphatic rings. The molecular formula is C19H20FN3O2. The lowest BCUT2D eigenvalue weighted by molar-refractivity contribution is -0.123. The van der Waals surface area contributed by atoms with Crippen LogP contribution >= 0.6 is 0 Å². The number of halogens is 1. The Morgan fingerprint density at radius 3 is 2.20 bits per heavy atom. The largest absolute Gasteiger partial charge is 0.372 e. The summed E-state index contributed by atoms with van der Waals surface area (Å²) in [7, 11) is 0. The van der Waals surface area contributed by atoms with Gasteiger partial charge in [0.25, 0.3) is 0 Å². The van der Waals surface area contributed by atoms with Gasteiger partial charge in [-0.2, -0.15) is 0 Å². The predicted octanol–water partition coefficient (Wildman–Crippen LogP) is 3.39. The molecule has 0 aromatic heterocycles. The van der Waals surface area contributed by atoms with Gasteiger partial charge in [0.15, 0.2) is 0 Å². The van der Waals surface area contributed by atoms with E-state index in [1.807, 2.05) is 24.3 Å². The second kappa shape index (κ2) is 7.79. The van der Waals surface area contributed by atoms with Crippen LogP contribution in [0.2, 0.25) is 0 Å². The number of carbonyl (C=O) groups excluding carboxylic acids is 2. The first-order chi connectivity index (χ1) is 12.1. The number of rotatable bonds is 5. The highest BCUT2D eigenvalue weighted by molar-refractivity contribution is 6.08. The molecule has 1 saturated heterocycles. The summed E-state index contributed by atoms with van der Waals surface area (Å²) < 4.78 is 13.1. The first-order valence-electron chi connectivity index (χ1n) is 8.30. The number of amides is 2. The molecule has 0 bridgehead atoms. The maximum Gasteiger partial charge on any atom is 0.233 e. The van der Waals surface area contributed by atoms with Gasteiger partial charge in [-0.3, -0.25) is 9.59 Å². The fourth-order valence-electron chi connectivity index (χ4n) is 2.85. The van der Waals surface area contributed by atoms with Gasteiger partial charge < -0.3 is 15.5 Å². The average Bonchev–Trinajstić information content (AvgIpc) is 3.09. The molecule has 2 N–H and O–H groups in total. The zero-order valence-electron chi connectivity index (χ0n) is 13.8. The molecule has 0 radical (unpaired) electrons. The Hall–Kier alpha value is -2.89. The van der Waals surface area contributed by atoms with E-state index >= 15 is 0 Å². The summed E-state index contributed by atoms with van der Waals surface area (Å²) in [5.74, 6) is -1.35. The molecule has 5 nitrogen and oxygen atoms in total.